The number of nitrogens with zero attached hydrogens (tertiary/aromatic N) is 2. The first-order chi connectivity index (χ1) is 8.65. The van der Waals surface area contributed by atoms with Crippen LogP contribution in [-0.2, 0) is 6.54 Å². The van der Waals surface area contributed by atoms with Gasteiger partial charge in [-0.3, -0.25) is 0 Å². The quantitative estimate of drug-likeness (QED) is 0.841. The van der Waals surface area contributed by atoms with Crippen molar-refractivity contribution >= 4 is 28.2 Å². The van der Waals surface area contributed by atoms with E-state index in [-0.39, 0.29) is 0 Å². The molecule has 3 rings (SSSR count). The van der Waals surface area contributed by atoms with E-state index in [0.717, 1.165) is 41.4 Å². The van der Waals surface area contributed by atoms with E-state index in [2.05, 4.69) is 35.9 Å². The molecule has 1 fully saturated rings. The second-order valence-corrected chi connectivity index (χ2v) is 5.48. The minimum atomic E-state index is 0.812. The maximum atomic E-state index is 5.35. The largest absolute Gasteiger partial charge is 0.359 e. The van der Waals surface area contributed by atoms with Crippen molar-refractivity contribution in [3.8, 4) is 0 Å². The zero-order chi connectivity index (χ0) is 12.7. The molecule has 0 saturated carbocycles. The molecule has 1 aromatic heterocycles. The third-order valence-electron chi connectivity index (χ3n) is 3.74. The van der Waals surface area contributed by atoms with Gasteiger partial charge in [-0.2, -0.15) is 0 Å². The molecule has 2 aromatic rings. The van der Waals surface area contributed by atoms with Gasteiger partial charge in [0, 0.05) is 6.54 Å². The van der Waals surface area contributed by atoms with Gasteiger partial charge < -0.3 is 9.88 Å². The third-order valence-corrected chi connectivity index (χ3v) is 4.20. The lowest BCUT2D eigenvalue weighted by Crippen LogP contribution is -2.23. The summed E-state index contributed by atoms with van der Waals surface area (Å²) in [5.74, 6) is 1.02. The van der Waals surface area contributed by atoms with Crippen molar-refractivity contribution in [1.29, 1.82) is 0 Å². The summed E-state index contributed by atoms with van der Waals surface area (Å²) in [5.41, 5.74) is 4.77. The van der Waals surface area contributed by atoms with E-state index in [4.69, 9.17) is 17.2 Å². The SMILES string of the molecule is Cc1ccc2[nH]c(CN3CCCC3=S)nc2c1C. The first-order valence-corrected chi connectivity index (χ1v) is 6.78. The zero-order valence-corrected chi connectivity index (χ0v) is 11.6. The van der Waals surface area contributed by atoms with Crippen molar-refractivity contribution in [3.63, 3.8) is 0 Å². The van der Waals surface area contributed by atoms with E-state index < -0.39 is 0 Å². The normalized spacial score (nSPS) is 15.9. The van der Waals surface area contributed by atoms with Crippen molar-refractivity contribution in [2.45, 2.75) is 33.2 Å². The molecular formula is C14H17N3S. The van der Waals surface area contributed by atoms with Gasteiger partial charge in [-0.05, 0) is 43.9 Å². The van der Waals surface area contributed by atoms with Crippen LogP contribution in [0.5, 0.6) is 0 Å². The van der Waals surface area contributed by atoms with Crippen molar-refractivity contribution in [2.75, 3.05) is 6.54 Å². The van der Waals surface area contributed by atoms with Crippen LogP contribution >= 0.6 is 12.2 Å². The lowest BCUT2D eigenvalue weighted by atomic mass is 10.1. The predicted octanol–water partition coefficient (Wildman–Crippen LogP) is 3.10. The van der Waals surface area contributed by atoms with Crippen LogP contribution in [0.15, 0.2) is 12.1 Å². The summed E-state index contributed by atoms with van der Waals surface area (Å²) in [5, 5.41) is 0. The fraction of sp³-hybridized carbons (Fsp3) is 0.429. The second kappa shape index (κ2) is 4.35. The molecule has 0 amide bonds. The fourth-order valence-corrected chi connectivity index (χ4v) is 2.79. The number of fused-ring (bicyclic) bond motifs is 1. The maximum Gasteiger partial charge on any atom is 0.126 e. The summed E-state index contributed by atoms with van der Waals surface area (Å²) < 4.78 is 0. The first-order valence-electron chi connectivity index (χ1n) is 6.38. The van der Waals surface area contributed by atoms with E-state index >= 15 is 0 Å². The summed E-state index contributed by atoms with van der Waals surface area (Å²) in [6, 6.07) is 4.25. The third kappa shape index (κ3) is 1.90. The summed E-state index contributed by atoms with van der Waals surface area (Å²) in [6.45, 7) is 6.13. The number of imidazole rings is 1. The van der Waals surface area contributed by atoms with Crippen molar-refractivity contribution < 1.29 is 0 Å². The number of H-pyrrole nitrogens is 1. The topological polar surface area (TPSA) is 31.9 Å². The number of aryl methyl sites for hydroxylation is 2. The number of rotatable bonds is 2. The number of aromatic amines is 1. The molecule has 0 bridgehead atoms. The van der Waals surface area contributed by atoms with Crippen LogP contribution in [0.1, 0.15) is 29.8 Å². The van der Waals surface area contributed by atoms with Gasteiger partial charge >= 0.3 is 0 Å². The number of nitrogens with one attached hydrogen (secondary N) is 1. The minimum absolute atomic E-state index is 0.812. The Morgan fingerprint density at radius 1 is 1.39 bits per heavy atom. The monoisotopic (exact) mass is 259 g/mol. The number of likely N-dealkylation sites (tertiary alicyclic amines) is 1. The van der Waals surface area contributed by atoms with Crippen molar-refractivity contribution in [3.05, 3.63) is 29.1 Å². The van der Waals surface area contributed by atoms with Gasteiger partial charge in [-0.15, -0.1) is 0 Å². The molecule has 18 heavy (non-hydrogen) atoms. The number of hydrogen-bond donors (Lipinski definition) is 1. The molecule has 94 valence electrons. The molecule has 0 radical (unpaired) electrons. The fourth-order valence-electron chi connectivity index (χ4n) is 2.49. The highest BCUT2D eigenvalue weighted by Gasteiger charge is 2.18. The zero-order valence-electron chi connectivity index (χ0n) is 10.8. The first kappa shape index (κ1) is 11.7. The summed E-state index contributed by atoms with van der Waals surface area (Å²) in [6.07, 6.45) is 2.23. The van der Waals surface area contributed by atoms with Gasteiger partial charge in [0.2, 0.25) is 0 Å². The molecule has 0 atom stereocenters. The molecule has 0 aliphatic carbocycles. The maximum absolute atomic E-state index is 5.35. The van der Waals surface area contributed by atoms with Crippen LogP contribution in [0.25, 0.3) is 11.0 Å². The summed E-state index contributed by atoms with van der Waals surface area (Å²) >= 11 is 5.35. The van der Waals surface area contributed by atoms with Crippen LogP contribution < -0.4 is 0 Å². The van der Waals surface area contributed by atoms with E-state index in [0.29, 0.717) is 0 Å². The number of benzene rings is 1. The highest BCUT2D eigenvalue weighted by molar-refractivity contribution is 7.80. The van der Waals surface area contributed by atoms with Gasteiger partial charge in [0.05, 0.1) is 22.6 Å². The summed E-state index contributed by atoms with van der Waals surface area (Å²) in [4.78, 5) is 11.4. The highest BCUT2D eigenvalue weighted by Crippen LogP contribution is 2.21. The Bertz CT molecular complexity index is 615. The van der Waals surface area contributed by atoms with Crippen molar-refractivity contribution in [2.24, 2.45) is 0 Å². The predicted molar refractivity (Wildman–Crippen MR) is 77.8 cm³/mol. The molecule has 0 spiro atoms. The smallest absolute Gasteiger partial charge is 0.126 e. The molecule has 3 nitrogen and oxygen atoms in total. The van der Waals surface area contributed by atoms with Crippen LogP contribution in [0.4, 0.5) is 0 Å². The molecule has 1 N–H and O–H groups in total. The molecule has 0 unspecified atom stereocenters. The van der Waals surface area contributed by atoms with E-state index in [1.54, 1.807) is 0 Å². The number of thiocarbonyl (C=S) groups is 1. The lowest BCUT2D eigenvalue weighted by molar-refractivity contribution is 0.443. The van der Waals surface area contributed by atoms with Crippen LogP contribution in [0, 0.1) is 13.8 Å². The molecule has 1 aliphatic heterocycles. The van der Waals surface area contributed by atoms with Crippen LogP contribution in [0.2, 0.25) is 0 Å². The Labute approximate surface area is 112 Å². The standard InChI is InChI=1S/C14H17N3S/c1-9-5-6-11-14(10(9)2)16-12(15-11)8-17-7-3-4-13(17)18/h5-6H,3-4,7-8H2,1-2H3,(H,15,16). The Balaban J connectivity index is 1.94. The van der Waals surface area contributed by atoms with E-state index in [9.17, 15) is 0 Å². The van der Waals surface area contributed by atoms with Gasteiger partial charge in [0.25, 0.3) is 0 Å². The Kier molecular flexibility index (Phi) is 2.82. The van der Waals surface area contributed by atoms with E-state index in [1.165, 1.54) is 17.5 Å². The Morgan fingerprint density at radius 2 is 2.22 bits per heavy atom. The molecule has 1 aromatic carbocycles. The van der Waals surface area contributed by atoms with E-state index in [1.807, 2.05) is 0 Å². The van der Waals surface area contributed by atoms with Gasteiger partial charge in [0.1, 0.15) is 5.82 Å². The summed E-state index contributed by atoms with van der Waals surface area (Å²) in [7, 11) is 0. The van der Waals surface area contributed by atoms with Crippen LogP contribution in [-0.4, -0.2) is 26.4 Å². The molecule has 2 heterocycles. The number of hydrogen-bond acceptors (Lipinski definition) is 2. The minimum Gasteiger partial charge on any atom is -0.359 e. The average Bonchev–Trinajstić information content (AvgIpc) is 2.92. The van der Waals surface area contributed by atoms with Crippen molar-refractivity contribution in [1.82, 2.24) is 14.9 Å². The molecule has 4 heteroatoms. The molecule has 1 aliphatic rings. The second-order valence-electron chi connectivity index (χ2n) is 5.01. The highest BCUT2D eigenvalue weighted by atomic mass is 32.1. The number of aromatic nitrogens is 2. The van der Waals surface area contributed by atoms with Gasteiger partial charge in [-0.25, -0.2) is 4.98 Å². The van der Waals surface area contributed by atoms with Gasteiger partial charge in [0.15, 0.2) is 0 Å². The average molecular weight is 259 g/mol. The van der Waals surface area contributed by atoms with Crippen LogP contribution in [0.3, 0.4) is 0 Å². The lowest BCUT2D eigenvalue weighted by Gasteiger charge is -2.15. The molecule has 1 saturated heterocycles. The van der Waals surface area contributed by atoms with Gasteiger partial charge in [-0.1, -0.05) is 18.3 Å². The Hall–Kier alpha value is -1.42. The Morgan fingerprint density at radius 3 is 2.94 bits per heavy atom. The molecular weight excluding hydrogens is 242 g/mol.